The number of pyridine rings is 1. The number of nitrogens with zero attached hydrogens (tertiary/aromatic N) is 1. The number of nitrogens with one attached hydrogen (secondary N) is 3. The van der Waals surface area contributed by atoms with Gasteiger partial charge in [0.2, 0.25) is 10.0 Å². The zero-order chi connectivity index (χ0) is 23.3. The van der Waals surface area contributed by atoms with Gasteiger partial charge in [0.1, 0.15) is 11.1 Å². The Morgan fingerprint density at radius 3 is 2.62 bits per heavy atom. The lowest BCUT2D eigenvalue weighted by Gasteiger charge is -2.27. The van der Waals surface area contributed by atoms with Gasteiger partial charge in [0.25, 0.3) is 5.56 Å². The lowest BCUT2D eigenvalue weighted by atomic mass is 10.1. The number of hydrogen-bond donors (Lipinski definition) is 3. The fourth-order valence-corrected chi connectivity index (χ4v) is 5.55. The number of amides is 1. The van der Waals surface area contributed by atoms with Crippen molar-refractivity contribution in [1.82, 2.24) is 19.6 Å². The van der Waals surface area contributed by atoms with E-state index in [2.05, 4.69) is 15.3 Å². The predicted octanol–water partition coefficient (Wildman–Crippen LogP) is 3.08. The van der Waals surface area contributed by atoms with Gasteiger partial charge in [-0.1, -0.05) is 0 Å². The highest BCUT2D eigenvalue weighted by atomic mass is 32.2. The van der Waals surface area contributed by atoms with Crippen molar-refractivity contribution in [3.8, 4) is 0 Å². The third kappa shape index (κ3) is 4.51. The van der Waals surface area contributed by atoms with E-state index in [0.717, 1.165) is 12.8 Å². The molecular formula is C22H28N4O5S. The van der Waals surface area contributed by atoms with Gasteiger partial charge in [0.05, 0.1) is 4.90 Å². The Labute approximate surface area is 186 Å². The minimum atomic E-state index is -3.82. The van der Waals surface area contributed by atoms with Crippen LogP contribution in [-0.2, 0) is 14.8 Å². The highest BCUT2D eigenvalue weighted by Gasteiger charge is 2.39. The van der Waals surface area contributed by atoms with Gasteiger partial charge in [-0.2, -0.15) is 4.31 Å². The Kier molecular flexibility index (Phi) is 5.54. The molecule has 9 nitrogen and oxygen atoms in total. The minimum Gasteiger partial charge on any atom is -0.444 e. The van der Waals surface area contributed by atoms with E-state index >= 15 is 0 Å². The fourth-order valence-electron chi connectivity index (χ4n) is 3.75. The number of aromatic amines is 2. The Hall–Kier alpha value is -2.85. The molecule has 4 rings (SSSR count). The van der Waals surface area contributed by atoms with Crippen LogP contribution in [0.4, 0.5) is 4.79 Å². The van der Waals surface area contributed by atoms with Crippen molar-refractivity contribution in [3.05, 3.63) is 40.8 Å². The summed E-state index contributed by atoms with van der Waals surface area (Å²) < 4.78 is 33.8. The molecule has 10 heteroatoms. The van der Waals surface area contributed by atoms with E-state index in [4.69, 9.17) is 4.74 Å². The molecule has 0 bridgehead atoms. The van der Waals surface area contributed by atoms with Gasteiger partial charge in [0.15, 0.2) is 0 Å². The maximum Gasteiger partial charge on any atom is 0.407 e. The maximum atomic E-state index is 13.6. The van der Waals surface area contributed by atoms with Crippen molar-refractivity contribution >= 4 is 37.9 Å². The van der Waals surface area contributed by atoms with Crippen LogP contribution in [0.2, 0.25) is 0 Å². The lowest BCUT2D eigenvalue weighted by molar-refractivity contribution is 0.0503. The van der Waals surface area contributed by atoms with Crippen molar-refractivity contribution in [2.24, 2.45) is 0 Å². The number of sulfonamides is 1. The Bertz CT molecular complexity index is 1330. The molecule has 1 aliphatic carbocycles. The average Bonchev–Trinajstić information content (AvgIpc) is 3.38. The first-order valence-corrected chi connectivity index (χ1v) is 12.0. The summed E-state index contributed by atoms with van der Waals surface area (Å²) >= 11 is 0. The molecule has 0 saturated heterocycles. The molecule has 2 heterocycles. The van der Waals surface area contributed by atoms with Crippen LogP contribution in [0.15, 0.2) is 40.2 Å². The van der Waals surface area contributed by atoms with E-state index < -0.39 is 27.8 Å². The number of carbonyl (C=O) groups excluding carboxylic acids is 1. The first kappa shape index (κ1) is 22.3. The second-order valence-electron chi connectivity index (χ2n) is 9.28. The number of hydrogen-bond acceptors (Lipinski definition) is 5. The molecule has 1 saturated carbocycles. The van der Waals surface area contributed by atoms with Gasteiger partial charge in [-0.3, -0.25) is 4.79 Å². The third-order valence-corrected chi connectivity index (χ3v) is 7.20. The van der Waals surface area contributed by atoms with Crippen molar-refractivity contribution in [1.29, 1.82) is 0 Å². The SMILES string of the molecule is C[C@@H](CN(C1CC1)S(=O)(=O)c1ccc2[nH]c(=O)c3[nH]ccc3c2c1)NC(=O)OC(C)(C)C. The summed E-state index contributed by atoms with van der Waals surface area (Å²) in [7, 11) is -3.82. The van der Waals surface area contributed by atoms with Crippen molar-refractivity contribution < 1.29 is 17.9 Å². The standard InChI is InChI=1S/C22H28N4O5S/c1-13(24-21(28)31-22(2,3)4)12-26(14-5-6-14)32(29,30)15-7-8-18-17(11-15)16-9-10-23-19(16)20(27)25-18/h7-11,13-14,23H,5-6,12H2,1-4H3,(H,24,28)(H,25,27)/t13-/m0/s1. The highest BCUT2D eigenvalue weighted by molar-refractivity contribution is 7.89. The van der Waals surface area contributed by atoms with Gasteiger partial charge >= 0.3 is 6.09 Å². The van der Waals surface area contributed by atoms with E-state index in [1.165, 1.54) is 10.4 Å². The molecule has 1 amide bonds. The topological polar surface area (TPSA) is 124 Å². The van der Waals surface area contributed by atoms with E-state index in [9.17, 15) is 18.0 Å². The normalized spacial score (nSPS) is 15.9. The summed E-state index contributed by atoms with van der Waals surface area (Å²) in [6.45, 7) is 7.20. The van der Waals surface area contributed by atoms with Gasteiger partial charge in [-0.25, -0.2) is 13.2 Å². The molecule has 172 valence electrons. The van der Waals surface area contributed by atoms with Crippen molar-refractivity contribution in [2.75, 3.05) is 6.54 Å². The number of alkyl carbamates (subject to hydrolysis) is 1. The Balaban J connectivity index is 1.63. The summed E-state index contributed by atoms with van der Waals surface area (Å²) in [5.74, 6) is 0. The number of ether oxygens (including phenoxy) is 1. The third-order valence-electron chi connectivity index (χ3n) is 5.28. The Morgan fingerprint density at radius 2 is 1.97 bits per heavy atom. The molecular weight excluding hydrogens is 432 g/mol. The Morgan fingerprint density at radius 1 is 1.25 bits per heavy atom. The molecule has 0 spiro atoms. The molecule has 2 aromatic heterocycles. The summed E-state index contributed by atoms with van der Waals surface area (Å²) in [6.07, 6.45) is 2.63. The minimum absolute atomic E-state index is 0.0959. The smallest absolute Gasteiger partial charge is 0.407 e. The molecule has 3 aromatic rings. The molecule has 0 radical (unpaired) electrons. The quantitative estimate of drug-likeness (QED) is 0.521. The number of aromatic nitrogens is 2. The van der Waals surface area contributed by atoms with Gasteiger partial charge in [-0.05, 0) is 64.8 Å². The molecule has 0 unspecified atom stereocenters. The van der Waals surface area contributed by atoms with Crippen LogP contribution in [0, 0.1) is 0 Å². The van der Waals surface area contributed by atoms with E-state index in [-0.39, 0.29) is 23.0 Å². The van der Waals surface area contributed by atoms with Crippen LogP contribution in [0.1, 0.15) is 40.5 Å². The second kappa shape index (κ2) is 7.93. The zero-order valence-electron chi connectivity index (χ0n) is 18.6. The van der Waals surface area contributed by atoms with Crippen LogP contribution in [0.25, 0.3) is 21.8 Å². The number of carbonyl (C=O) groups is 1. The van der Waals surface area contributed by atoms with Crippen molar-refractivity contribution in [2.45, 2.75) is 63.1 Å². The molecule has 3 N–H and O–H groups in total. The monoisotopic (exact) mass is 460 g/mol. The second-order valence-corrected chi connectivity index (χ2v) is 11.2. The highest BCUT2D eigenvalue weighted by Crippen LogP contribution is 2.33. The van der Waals surface area contributed by atoms with Gasteiger partial charge in [0, 0.05) is 41.1 Å². The number of H-pyrrole nitrogens is 2. The number of fused-ring (bicyclic) bond motifs is 3. The molecule has 0 aliphatic heterocycles. The molecule has 1 atom stereocenters. The molecule has 1 aliphatic rings. The van der Waals surface area contributed by atoms with E-state index in [0.29, 0.717) is 21.8 Å². The van der Waals surface area contributed by atoms with Gasteiger partial charge in [-0.15, -0.1) is 0 Å². The van der Waals surface area contributed by atoms with Crippen LogP contribution < -0.4 is 10.9 Å². The van der Waals surface area contributed by atoms with E-state index in [1.807, 2.05) is 0 Å². The van der Waals surface area contributed by atoms with E-state index in [1.54, 1.807) is 52.1 Å². The summed E-state index contributed by atoms with van der Waals surface area (Å²) in [5.41, 5.74) is 0.0804. The fraction of sp³-hybridized carbons (Fsp3) is 0.455. The first-order valence-electron chi connectivity index (χ1n) is 10.6. The molecule has 32 heavy (non-hydrogen) atoms. The number of benzene rings is 1. The average molecular weight is 461 g/mol. The molecule has 1 aromatic carbocycles. The predicted molar refractivity (Wildman–Crippen MR) is 122 cm³/mol. The van der Waals surface area contributed by atoms with Crippen LogP contribution in [0.3, 0.4) is 0 Å². The van der Waals surface area contributed by atoms with Crippen molar-refractivity contribution in [3.63, 3.8) is 0 Å². The van der Waals surface area contributed by atoms with Gasteiger partial charge < -0.3 is 20.0 Å². The molecule has 1 fully saturated rings. The van der Waals surface area contributed by atoms with Crippen LogP contribution in [0.5, 0.6) is 0 Å². The first-order chi connectivity index (χ1) is 15.0. The summed E-state index contributed by atoms with van der Waals surface area (Å²) in [5, 5.41) is 4.03. The lowest BCUT2D eigenvalue weighted by Crippen LogP contribution is -2.46. The van der Waals surface area contributed by atoms with Crippen LogP contribution in [-0.4, -0.2) is 53.0 Å². The van der Waals surface area contributed by atoms with Crippen LogP contribution >= 0.6 is 0 Å². The zero-order valence-corrected chi connectivity index (χ0v) is 19.4. The summed E-state index contributed by atoms with van der Waals surface area (Å²) in [6, 6.07) is 5.94. The number of rotatable bonds is 6. The largest absolute Gasteiger partial charge is 0.444 e. The maximum absolute atomic E-state index is 13.6. The summed E-state index contributed by atoms with van der Waals surface area (Å²) in [4.78, 5) is 30.1.